The number of benzene rings is 1. The molecule has 3 heterocycles. The van der Waals surface area contributed by atoms with Gasteiger partial charge in [0, 0.05) is 37.8 Å². The Kier molecular flexibility index (Phi) is 7.40. The third-order valence-electron chi connectivity index (χ3n) is 7.03. The minimum atomic E-state index is -3.87. The number of piperidine rings is 2. The molecule has 10 heteroatoms. The van der Waals surface area contributed by atoms with Gasteiger partial charge >= 0.3 is 0 Å². The summed E-state index contributed by atoms with van der Waals surface area (Å²) in [5.74, 6) is -1.11. The highest BCUT2D eigenvalue weighted by Gasteiger charge is 2.35. The molecule has 1 aromatic heterocycles. The lowest BCUT2D eigenvalue weighted by Gasteiger charge is -2.42. The Labute approximate surface area is 205 Å². The average Bonchev–Trinajstić information content (AvgIpc) is 2.82. The zero-order chi connectivity index (χ0) is 25.3. The fourth-order valence-electron chi connectivity index (χ4n) is 5.00. The zero-order valence-electron chi connectivity index (χ0n) is 20.4. The topological polar surface area (TPSA) is 83.5 Å². The molecule has 1 aromatic carbocycles. The number of likely N-dealkylation sites (tertiary alicyclic amines) is 1. The van der Waals surface area contributed by atoms with Crippen LogP contribution in [0.2, 0.25) is 0 Å². The lowest BCUT2D eigenvalue weighted by atomic mass is 9.88. The van der Waals surface area contributed by atoms with Crippen molar-refractivity contribution in [1.82, 2.24) is 14.9 Å². The van der Waals surface area contributed by atoms with Crippen molar-refractivity contribution in [3.63, 3.8) is 0 Å². The second-order valence-corrected chi connectivity index (χ2v) is 11.9. The molecule has 35 heavy (non-hydrogen) atoms. The van der Waals surface area contributed by atoms with Gasteiger partial charge in [-0.1, -0.05) is 13.8 Å². The molecule has 0 saturated carbocycles. The molecular weight excluding hydrogens is 474 g/mol. The van der Waals surface area contributed by atoms with E-state index in [0.29, 0.717) is 18.9 Å². The third-order valence-corrected chi connectivity index (χ3v) is 8.14. The molecule has 2 fully saturated rings. The summed E-state index contributed by atoms with van der Waals surface area (Å²) >= 11 is 0. The maximum atomic E-state index is 14.6. The van der Waals surface area contributed by atoms with E-state index in [0.717, 1.165) is 62.3 Å². The maximum Gasteiger partial charge on any atom is 0.226 e. The first-order chi connectivity index (χ1) is 16.5. The molecule has 0 bridgehead atoms. The van der Waals surface area contributed by atoms with Crippen LogP contribution in [-0.2, 0) is 21.1 Å². The molecular formula is C25H32F2N4O3S. The van der Waals surface area contributed by atoms with E-state index in [2.05, 4.69) is 28.7 Å². The van der Waals surface area contributed by atoms with Gasteiger partial charge in [0.25, 0.3) is 0 Å². The van der Waals surface area contributed by atoms with Gasteiger partial charge < -0.3 is 9.80 Å². The van der Waals surface area contributed by atoms with Crippen LogP contribution in [0.5, 0.6) is 0 Å². The molecule has 1 atom stereocenters. The molecule has 1 amide bonds. The van der Waals surface area contributed by atoms with Gasteiger partial charge in [-0.05, 0) is 55.7 Å². The van der Waals surface area contributed by atoms with Crippen LogP contribution in [0.3, 0.4) is 0 Å². The van der Waals surface area contributed by atoms with Crippen LogP contribution in [0.4, 0.5) is 14.6 Å². The number of rotatable bonds is 6. The van der Waals surface area contributed by atoms with Gasteiger partial charge in [0.15, 0.2) is 9.84 Å². The molecule has 2 aliphatic heterocycles. The molecule has 2 aliphatic rings. The monoisotopic (exact) mass is 506 g/mol. The summed E-state index contributed by atoms with van der Waals surface area (Å²) in [6.45, 7) is 6.34. The van der Waals surface area contributed by atoms with E-state index in [4.69, 9.17) is 0 Å². The molecule has 0 aliphatic carbocycles. The summed E-state index contributed by atoms with van der Waals surface area (Å²) in [7, 11) is -3.87. The fraction of sp³-hybridized carbons (Fsp3) is 0.560. The minimum Gasteiger partial charge on any atom is -0.355 e. The molecule has 2 aromatic rings. The van der Waals surface area contributed by atoms with Crippen LogP contribution in [0.1, 0.15) is 56.7 Å². The number of carbonyl (C=O) groups is 1. The van der Waals surface area contributed by atoms with Gasteiger partial charge in [0.1, 0.15) is 22.3 Å². The summed E-state index contributed by atoms with van der Waals surface area (Å²) in [4.78, 5) is 25.8. The second kappa shape index (κ2) is 10.2. The lowest BCUT2D eigenvalue weighted by Crippen LogP contribution is -2.52. The Bertz CT molecular complexity index is 1180. The standard InChI is InChI=1S/C25H32F2N4O3S/c1-16(2)22-14-29-24(15-28-22)30-9-6-19(7-10-30)31-8-4-5-17(25(31)32)11-18-12-21(27)23(13-20(18)26)35(3,33)34/h12-17,19H,4-11H2,1-3H3/t17-/m1/s1. The van der Waals surface area contributed by atoms with Crippen molar-refractivity contribution in [1.29, 1.82) is 0 Å². The predicted octanol–water partition coefficient (Wildman–Crippen LogP) is 3.73. The first kappa shape index (κ1) is 25.5. The van der Waals surface area contributed by atoms with Crippen LogP contribution in [0, 0.1) is 17.6 Å². The molecule has 0 radical (unpaired) electrons. The average molecular weight is 507 g/mol. The predicted molar refractivity (Wildman–Crippen MR) is 129 cm³/mol. The van der Waals surface area contributed by atoms with Gasteiger partial charge in [-0.3, -0.25) is 9.78 Å². The molecule has 4 rings (SSSR count). The highest BCUT2D eigenvalue weighted by atomic mass is 32.2. The van der Waals surface area contributed by atoms with Crippen molar-refractivity contribution in [2.24, 2.45) is 5.92 Å². The van der Waals surface area contributed by atoms with E-state index >= 15 is 0 Å². The Balaban J connectivity index is 1.40. The Hall–Kier alpha value is -2.62. The smallest absolute Gasteiger partial charge is 0.226 e. The van der Waals surface area contributed by atoms with Crippen LogP contribution in [0.25, 0.3) is 0 Å². The van der Waals surface area contributed by atoms with E-state index < -0.39 is 32.3 Å². The van der Waals surface area contributed by atoms with Gasteiger partial charge in [-0.2, -0.15) is 0 Å². The van der Waals surface area contributed by atoms with Crippen molar-refractivity contribution in [2.75, 3.05) is 30.8 Å². The number of amides is 1. The summed E-state index contributed by atoms with van der Waals surface area (Å²) in [5, 5.41) is 0. The van der Waals surface area contributed by atoms with E-state index in [9.17, 15) is 22.0 Å². The van der Waals surface area contributed by atoms with Crippen LogP contribution in [-0.4, -0.2) is 61.1 Å². The lowest BCUT2D eigenvalue weighted by molar-refractivity contribution is -0.141. The van der Waals surface area contributed by atoms with Crippen molar-refractivity contribution in [3.8, 4) is 0 Å². The number of nitrogens with zero attached hydrogens (tertiary/aromatic N) is 4. The number of aromatic nitrogens is 2. The largest absolute Gasteiger partial charge is 0.355 e. The molecule has 0 N–H and O–H groups in total. The number of carbonyl (C=O) groups excluding carboxylic acids is 1. The Morgan fingerprint density at radius 3 is 2.34 bits per heavy atom. The summed E-state index contributed by atoms with van der Waals surface area (Å²) < 4.78 is 52.2. The van der Waals surface area contributed by atoms with Gasteiger partial charge in [0.05, 0.1) is 18.1 Å². The second-order valence-electron chi connectivity index (χ2n) is 9.89. The summed E-state index contributed by atoms with van der Waals surface area (Å²) in [6.07, 6.45) is 7.52. The van der Waals surface area contributed by atoms with E-state index in [1.807, 2.05) is 11.1 Å². The number of sulfone groups is 1. The highest BCUT2D eigenvalue weighted by molar-refractivity contribution is 7.90. The Morgan fingerprint density at radius 2 is 1.74 bits per heavy atom. The molecule has 0 spiro atoms. The summed E-state index contributed by atoms with van der Waals surface area (Å²) in [6, 6.07) is 1.73. The molecule has 7 nitrogen and oxygen atoms in total. The molecule has 190 valence electrons. The number of hydrogen-bond acceptors (Lipinski definition) is 6. The summed E-state index contributed by atoms with van der Waals surface area (Å²) in [5.41, 5.74) is 0.990. The molecule has 2 saturated heterocycles. The van der Waals surface area contributed by atoms with Crippen molar-refractivity contribution >= 4 is 21.6 Å². The fourth-order valence-corrected chi connectivity index (χ4v) is 5.73. The third kappa shape index (κ3) is 5.63. The number of anilines is 1. The van der Waals surface area contributed by atoms with Crippen molar-refractivity contribution in [3.05, 3.63) is 47.4 Å². The normalized spacial score (nSPS) is 20.1. The number of halogens is 2. The van der Waals surface area contributed by atoms with Gasteiger partial charge in [-0.25, -0.2) is 22.2 Å². The van der Waals surface area contributed by atoms with E-state index in [-0.39, 0.29) is 23.9 Å². The highest BCUT2D eigenvalue weighted by Crippen LogP contribution is 2.30. The SMILES string of the molecule is CC(C)c1cnc(N2CCC(N3CCC[C@H](Cc4cc(F)c(S(C)(=O)=O)cc4F)C3=O)CC2)cn1. The molecule has 0 unspecified atom stereocenters. The van der Waals surface area contributed by atoms with Gasteiger partial charge in [0.2, 0.25) is 5.91 Å². The Morgan fingerprint density at radius 1 is 1.03 bits per heavy atom. The quantitative estimate of drug-likeness (QED) is 0.594. The van der Waals surface area contributed by atoms with Crippen molar-refractivity contribution in [2.45, 2.75) is 62.8 Å². The zero-order valence-corrected chi connectivity index (χ0v) is 21.2. The van der Waals surface area contributed by atoms with Gasteiger partial charge in [-0.15, -0.1) is 0 Å². The maximum absolute atomic E-state index is 14.6. The first-order valence-corrected chi connectivity index (χ1v) is 14.0. The van der Waals surface area contributed by atoms with Crippen LogP contribution < -0.4 is 4.90 Å². The van der Waals surface area contributed by atoms with Crippen LogP contribution in [0.15, 0.2) is 29.4 Å². The van der Waals surface area contributed by atoms with Crippen LogP contribution >= 0.6 is 0 Å². The van der Waals surface area contributed by atoms with E-state index in [1.54, 1.807) is 6.20 Å². The first-order valence-electron chi connectivity index (χ1n) is 12.1. The number of hydrogen-bond donors (Lipinski definition) is 0. The minimum absolute atomic E-state index is 0.0355. The van der Waals surface area contributed by atoms with E-state index in [1.165, 1.54) is 0 Å². The van der Waals surface area contributed by atoms with Crippen molar-refractivity contribution < 1.29 is 22.0 Å².